The maximum absolute atomic E-state index is 10.7. The molecule has 15 heavy (non-hydrogen) atoms. The topological polar surface area (TPSA) is 60.4 Å². The summed E-state index contributed by atoms with van der Waals surface area (Å²) in [7, 11) is 0. The average Bonchev–Trinajstić information content (AvgIpc) is 2.48. The predicted molar refractivity (Wildman–Crippen MR) is 53.2 cm³/mol. The van der Waals surface area contributed by atoms with Crippen LogP contribution in [0.25, 0.3) is 0 Å². The maximum Gasteiger partial charge on any atom is 0.294 e. The molecule has 4 nitrogen and oxygen atoms in total. The van der Waals surface area contributed by atoms with Crippen LogP contribution >= 0.6 is 0 Å². The highest BCUT2D eigenvalue weighted by Gasteiger charge is 2.34. The van der Waals surface area contributed by atoms with Crippen molar-refractivity contribution in [3.63, 3.8) is 0 Å². The van der Waals surface area contributed by atoms with Crippen LogP contribution in [0.1, 0.15) is 39.0 Å². The molecule has 0 N–H and O–H groups in total. The van der Waals surface area contributed by atoms with Crippen LogP contribution in [-0.2, 0) is 19.1 Å². The second-order valence-corrected chi connectivity index (χ2v) is 4.08. The van der Waals surface area contributed by atoms with Crippen molar-refractivity contribution in [2.45, 2.75) is 45.1 Å². The van der Waals surface area contributed by atoms with Crippen molar-refractivity contribution in [1.82, 2.24) is 0 Å². The maximum atomic E-state index is 10.7. The normalized spacial score (nSPS) is 21.7. The van der Waals surface area contributed by atoms with Gasteiger partial charge in [0.15, 0.2) is 11.6 Å². The molecule has 0 heterocycles. The van der Waals surface area contributed by atoms with Gasteiger partial charge in [0.1, 0.15) is 0 Å². The number of ether oxygens (including phenoxy) is 1. The van der Waals surface area contributed by atoms with Gasteiger partial charge in [-0.15, -0.1) is 0 Å². The molecule has 0 atom stereocenters. The first-order chi connectivity index (χ1) is 7.15. The minimum atomic E-state index is -1.10. The Balaban J connectivity index is 0.000000187. The molecule has 0 aliphatic heterocycles. The average molecular weight is 212 g/mol. The summed E-state index contributed by atoms with van der Waals surface area (Å²) in [6.45, 7) is 2.44. The second kappa shape index (κ2) is 5.63. The van der Waals surface area contributed by atoms with Crippen LogP contribution in [0.3, 0.4) is 0 Å². The van der Waals surface area contributed by atoms with E-state index in [1.165, 1.54) is 19.3 Å². The molecular formula is C11H16O4. The Hall–Kier alpha value is -1.19. The lowest BCUT2D eigenvalue weighted by Gasteiger charge is -2.18. The van der Waals surface area contributed by atoms with E-state index in [1.54, 1.807) is 0 Å². The molecule has 0 saturated heterocycles. The minimum absolute atomic E-state index is 0.131. The fraction of sp³-hybridized carbons (Fsp3) is 0.727. The van der Waals surface area contributed by atoms with Crippen molar-refractivity contribution in [1.29, 1.82) is 0 Å². The quantitative estimate of drug-likeness (QED) is 0.511. The summed E-state index contributed by atoms with van der Waals surface area (Å²) >= 11 is 0. The number of rotatable bonds is 2. The summed E-state index contributed by atoms with van der Waals surface area (Å²) in [6, 6.07) is 0. The highest BCUT2D eigenvalue weighted by atomic mass is 16.5. The molecule has 0 unspecified atom stereocenters. The van der Waals surface area contributed by atoms with Gasteiger partial charge in [0.05, 0.1) is 0 Å². The first kappa shape index (κ1) is 11.9. The van der Waals surface area contributed by atoms with E-state index < -0.39 is 6.10 Å². The third-order valence-corrected chi connectivity index (χ3v) is 2.79. The first-order valence-electron chi connectivity index (χ1n) is 5.29. The zero-order chi connectivity index (χ0) is 11.3. The van der Waals surface area contributed by atoms with Crippen LogP contribution in [0.4, 0.5) is 0 Å². The SMILES string of the molecule is CC1CCC1.O=COC1C(=O)CCC1=O. The summed E-state index contributed by atoms with van der Waals surface area (Å²) in [5.74, 6) is 0.476. The fourth-order valence-electron chi connectivity index (χ4n) is 1.51. The van der Waals surface area contributed by atoms with Gasteiger partial charge in [-0.3, -0.25) is 14.4 Å². The molecule has 0 aromatic carbocycles. The van der Waals surface area contributed by atoms with Crippen LogP contribution < -0.4 is 0 Å². The minimum Gasteiger partial charge on any atom is -0.448 e. The molecule has 84 valence electrons. The summed E-state index contributed by atoms with van der Waals surface area (Å²) < 4.78 is 4.25. The van der Waals surface area contributed by atoms with Gasteiger partial charge in [-0.2, -0.15) is 0 Å². The number of hydrogen-bond donors (Lipinski definition) is 0. The monoisotopic (exact) mass is 212 g/mol. The molecular weight excluding hydrogens is 196 g/mol. The summed E-state index contributed by atoms with van der Waals surface area (Å²) in [6.07, 6.45) is 3.77. The van der Waals surface area contributed by atoms with E-state index in [0.29, 0.717) is 0 Å². The Morgan fingerprint density at radius 1 is 1.20 bits per heavy atom. The van der Waals surface area contributed by atoms with Crippen LogP contribution in [0.5, 0.6) is 0 Å². The molecule has 0 aromatic heterocycles. The van der Waals surface area contributed by atoms with Crippen molar-refractivity contribution in [2.75, 3.05) is 0 Å². The standard InChI is InChI=1S/C6H6O4.C5H10/c7-3-10-6-4(8)1-2-5(6)9;1-5-3-2-4-5/h3,6H,1-2H2;5H,2-4H2,1H3. The fourth-order valence-corrected chi connectivity index (χ4v) is 1.51. The Labute approximate surface area is 89.0 Å². The van der Waals surface area contributed by atoms with Crippen LogP contribution in [0.15, 0.2) is 0 Å². The highest BCUT2D eigenvalue weighted by molar-refractivity contribution is 6.11. The molecule has 2 fully saturated rings. The summed E-state index contributed by atoms with van der Waals surface area (Å²) in [5, 5.41) is 0. The second-order valence-electron chi connectivity index (χ2n) is 4.08. The van der Waals surface area contributed by atoms with Gasteiger partial charge in [-0.1, -0.05) is 26.2 Å². The number of carbonyl (C=O) groups is 3. The molecule has 0 bridgehead atoms. The molecule has 2 aliphatic rings. The van der Waals surface area contributed by atoms with Crippen molar-refractivity contribution < 1.29 is 19.1 Å². The van der Waals surface area contributed by atoms with E-state index in [1.807, 2.05) is 0 Å². The van der Waals surface area contributed by atoms with E-state index in [-0.39, 0.29) is 30.9 Å². The number of hydrogen-bond acceptors (Lipinski definition) is 4. The van der Waals surface area contributed by atoms with Crippen LogP contribution in [0, 0.1) is 5.92 Å². The van der Waals surface area contributed by atoms with Gasteiger partial charge >= 0.3 is 0 Å². The van der Waals surface area contributed by atoms with Gasteiger partial charge in [0.25, 0.3) is 6.47 Å². The largest absolute Gasteiger partial charge is 0.448 e. The third-order valence-electron chi connectivity index (χ3n) is 2.79. The molecule has 2 rings (SSSR count). The Kier molecular flexibility index (Phi) is 4.46. The summed E-state index contributed by atoms with van der Waals surface area (Å²) in [4.78, 5) is 31.1. The van der Waals surface area contributed by atoms with Gasteiger partial charge < -0.3 is 4.74 Å². The molecule has 0 radical (unpaired) electrons. The van der Waals surface area contributed by atoms with E-state index in [4.69, 9.17) is 0 Å². The highest BCUT2D eigenvalue weighted by Crippen LogP contribution is 2.24. The summed E-state index contributed by atoms with van der Waals surface area (Å²) in [5.41, 5.74) is 0. The van der Waals surface area contributed by atoms with Gasteiger partial charge in [-0.05, 0) is 5.92 Å². The van der Waals surface area contributed by atoms with Gasteiger partial charge in [-0.25, -0.2) is 0 Å². The Morgan fingerprint density at radius 3 is 1.93 bits per heavy atom. The van der Waals surface area contributed by atoms with Crippen LogP contribution in [-0.4, -0.2) is 24.1 Å². The molecule has 2 aliphatic carbocycles. The third kappa shape index (κ3) is 3.46. The Morgan fingerprint density at radius 2 is 1.67 bits per heavy atom. The lowest BCUT2D eigenvalue weighted by molar-refractivity contribution is -0.147. The zero-order valence-corrected chi connectivity index (χ0v) is 8.90. The van der Waals surface area contributed by atoms with Crippen molar-refractivity contribution >= 4 is 18.0 Å². The molecule has 0 amide bonds. The Bertz CT molecular complexity index is 239. The number of carbonyl (C=O) groups excluding carboxylic acids is 3. The smallest absolute Gasteiger partial charge is 0.294 e. The molecule has 2 saturated carbocycles. The molecule has 0 aromatic rings. The lowest BCUT2D eigenvalue weighted by atomic mass is 9.88. The van der Waals surface area contributed by atoms with Crippen molar-refractivity contribution in [2.24, 2.45) is 5.92 Å². The number of ketones is 2. The van der Waals surface area contributed by atoms with Gasteiger partial charge in [0, 0.05) is 12.8 Å². The van der Waals surface area contributed by atoms with E-state index in [9.17, 15) is 14.4 Å². The molecule has 4 heteroatoms. The number of Topliss-reactive ketones (excluding diaryl/α,β-unsaturated/α-hetero) is 2. The first-order valence-corrected chi connectivity index (χ1v) is 5.29. The van der Waals surface area contributed by atoms with Crippen molar-refractivity contribution in [3.8, 4) is 0 Å². The van der Waals surface area contributed by atoms with Crippen molar-refractivity contribution in [3.05, 3.63) is 0 Å². The van der Waals surface area contributed by atoms with Crippen LogP contribution in [0.2, 0.25) is 0 Å². The lowest BCUT2D eigenvalue weighted by Crippen LogP contribution is -2.24. The molecule has 0 spiro atoms. The van der Waals surface area contributed by atoms with E-state index >= 15 is 0 Å². The van der Waals surface area contributed by atoms with E-state index in [2.05, 4.69) is 11.7 Å². The van der Waals surface area contributed by atoms with Gasteiger partial charge in [0.2, 0.25) is 6.10 Å². The predicted octanol–water partition coefficient (Wildman–Crippen LogP) is 1.27. The van der Waals surface area contributed by atoms with E-state index in [0.717, 1.165) is 5.92 Å². The zero-order valence-electron chi connectivity index (χ0n) is 8.90.